The van der Waals surface area contributed by atoms with Crippen LogP contribution in [0.4, 0.5) is 8.78 Å². The Morgan fingerprint density at radius 3 is 2.72 bits per heavy atom. The molecule has 1 fully saturated rings. The minimum Gasteiger partial charge on any atom is -0.489 e. The van der Waals surface area contributed by atoms with Crippen LogP contribution in [-0.2, 0) is 0 Å². The molecule has 0 aromatic heterocycles. The Hall–Kier alpha value is -1.63. The second-order valence-corrected chi connectivity index (χ2v) is 4.89. The summed E-state index contributed by atoms with van der Waals surface area (Å²) in [6.45, 7) is 2.11. The van der Waals surface area contributed by atoms with E-state index in [2.05, 4.69) is 13.0 Å². The molecule has 0 radical (unpaired) electrons. The van der Waals surface area contributed by atoms with Gasteiger partial charge in [-0.15, -0.1) is 0 Å². The summed E-state index contributed by atoms with van der Waals surface area (Å²) in [6, 6.07) is 5.69. The maximum absolute atomic E-state index is 13.1. The van der Waals surface area contributed by atoms with Gasteiger partial charge in [-0.3, -0.25) is 0 Å². The van der Waals surface area contributed by atoms with E-state index in [4.69, 9.17) is 10.00 Å². The number of hydrogen-bond acceptors (Lipinski definition) is 2. The summed E-state index contributed by atoms with van der Waals surface area (Å²) in [4.78, 5) is 0. The number of nitrogens with zero attached hydrogens (tertiary/aromatic N) is 1. The van der Waals surface area contributed by atoms with Crippen molar-refractivity contribution in [2.45, 2.75) is 32.3 Å². The van der Waals surface area contributed by atoms with Crippen molar-refractivity contribution < 1.29 is 13.5 Å². The minimum absolute atomic E-state index is 0.172. The Bertz CT molecular complexity index is 469. The molecular weight excluding hydrogens is 236 g/mol. The first-order valence-corrected chi connectivity index (χ1v) is 6.11. The van der Waals surface area contributed by atoms with Crippen molar-refractivity contribution in [3.63, 3.8) is 0 Å². The number of ether oxygens (including phenoxy) is 1. The molecule has 3 atom stereocenters. The first kappa shape index (κ1) is 12.8. The predicted octanol–water partition coefficient (Wildman–Crippen LogP) is 3.67. The molecule has 18 heavy (non-hydrogen) atoms. The lowest BCUT2D eigenvalue weighted by Crippen LogP contribution is -2.32. The molecule has 0 heterocycles. The van der Waals surface area contributed by atoms with E-state index in [0.29, 0.717) is 5.92 Å². The first-order chi connectivity index (χ1) is 8.60. The molecule has 1 aromatic carbocycles. The number of halogens is 2. The zero-order chi connectivity index (χ0) is 13.1. The topological polar surface area (TPSA) is 33.0 Å². The van der Waals surface area contributed by atoms with E-state index in [1.807, 2.05) is 0 Å². The highest BCUT2D eigenvalue weighted by Gasteiger charge is 2.30. The first-order valence-electron chi connectivity index (χ1n) is 6.11. The summed E-state index contributed by atoms with van der Waals surface area (Å²) in [7, 11) is 0. The molecule has 96 valence electrons. The van der Waals surface area contributed by atoms with Crippen LogP contribution in [0.5, 0.6) is 5.75 Å². The smallest absolute Gasteiger partial charge is 0.162 e. The molecule has 1 saturated carbocycles. The van der Waals surface area contributed by atoms with Gasteiger partial charge < -0.3 is 4.74 Å². The molecule has 2 nitrogen and oxygen atoms in total. The van der Waals surface area contributed by atoms with Crippen LogP contribution in [0.1, 0.15) is 26.2 Å². The molecule has 0 N–H and O–H groups in total. The highest BCUT2D eigenvalue weighted by Crippen LogP contribution is 2.31. The minimum atomic E-state index is -0.926. The number of benzene rings is 1. The summed E-state index contributed by atoms with van der Waals surface area (Å²) >= 11 is 0. The van der Waals surface area contributed by atoms with Gasteiger partial charge in [-0.05, 0) is 37.3 Å². The van der Waals surface area contributed by atoms with E-state index >= 15 is 0 Å². The average Bonchev–Trinajstić information content (AvgIpc) is 2.34. The zero-order valence-electron chi connectivity index (χ0n) is 10.2. The maximum atomic E-state index is 13.1. The molecule has 3 unspecified atom stereocenters. The molecule has 4 heteroatoms. The Morgan fingerprint density at radius 2 is 2.06 bits per heavy atom. The van der Waals surface area contributed by atoms with Gasteiger partial charge in [-0.2, -0.15) is 5.26 Å². The molecule has 0 saturated heterocycles. The van der Waals surface area contributed by atoms with Crippen molar-refractivity contribution in [1.82, 2.24) is 0 Å². The molecular formula is C14H15F2NO. The number of rotatable bonds is 2. The Labute approximate surface area is 105 Å². The van der Waals surface area contributed by atoms with Crippen LogP contribution in [0.3, 0.4) is 0 Å². The third-order valence-corrected chi connectivity index (χ3v) is 3.40. The van der Waals surface area contributed by atoms with Gasteiger partial charge in [0.25, 0.3) is 0 Å². The van der Waals surface area contributed by atoms with E-state index in [-0.39, 0.29) is 17.8 Å². The van der Waals surface area contributed by atoms with Crippen LogP contribution < -0.4 is 4.74 Å². The Balaban J connectivity index is 2.11. The molecule has 0 spiro atoms. The van der Waals surface area contributed by atoms with Gasteiger partial charge in [0.2, 0.25) is 0 Å². The second kappa shape index (κ2) is 5.34. The van der Waals surface area contributed by atoms with E-state index in [1.54, 1.807) is 0 Å². The van der Waals surface area contributed by atoms with E-state index in [0.717, 1.165) is 31.4 Å². The fourth-order valence-corrected chi connectivity index (χ4v) is 2.33. The summed E-state index contributed by atoms with van der Waals surface area (Å²) in [5.41, 5.74) is 0. The van der Waals surface area contributed by atoms with Crippen molar-refractivity contribution in [2.75, 3.05) is 0 Å². The van der Waals surface area contributed by atoms with E-state index in [1.165, 1.54) is 6.07 Å². The summed E-state index contributed by atoms with van der Waals surface area (Å²) in [6.07, 6.45) is 2.35. The summed E-state index contributed by atoms with van der Waals surface area (Å²) in [5, 5.41) is 9.06. The highest BCUT2D eigenvalue weighted by molar-refractivity contribution is 5.24. The summed E-state index contributed by atoms with van der Waals surface area (Å²) in [5.74, 6) is -1.21. The van der Waals surface area contributed by atoms with Gasteiger partial charge in [-0.1, -0.05) is 6.92 Å². The van der Waals surface area contributed by atoms with Gasteiger partial charge >= 0.3 is 0 Å². The van der Waals surface area contributed by atoms with Crippen molar-refractivity contribution >= 4 is 0 Å². The van der Waals surface area contributed by atoms with Gasteiger partial charge in [0.15, 0.2) is 11.6 Å². The molecule has 1 aliphatic rings. The van der Waals surface area contributed by atoms with Crippen LogP contribution in [0.25, 0.3) is 0 Å². The second-order valence-electron chi connectivity index (χ2n) is 4.89. The van der Waals surface area contributed by atoms with Crippen molar-refractivity contribution in [3.8, 4) is 11.8 Å². The number of nitriles is 1. The predicted molar refractivity (Wildman–Crippen MR) is 62.9 cm³/mol. The van der Waals surface area contributed by atoms with E-state index in [9.17, 15) is 8.78 Å². The lowest BCUT2D eigenvalue weighted by molar-refractivity contribution is 0.0951. The van der Waals surface area contributed by atoms with E-state index < -0.39 is 11.6 Å². The van der Waals surface area contributed by atoms with Crippen LogP contribution in [0, 0.1) is 34.8 Å². The van der Waals surface area contributed by atoms with Crippen LogP contribution in [0.15, 0.2) is 18.2 Å². The fourth-order valence-electron chi connectivity index (χ4n) is 2.33. The average molecular weight is 251 g/mol. The normalized spacial score (nSPS) is 27.6. The van der Waals surface area contributed by atoms with Crippen molar-refractivity contribution in [3.05, 3.63) is 29.8 Å². The number of hydrogen-bond donors (Lipinski definition) is 0. The molecule has 0 aliphatic heterocycles. The standard InChI is InChI=1S/C14H15F2NO/c1-9-2-3-10(8-17)14(6-9)18-11-4-5-12(15)13(16)7-11/h4-5,7,9-10,14H,2-3,6H2,1H3. The van der Waals surface area contributed by atoms with Gasteiger partial charge in [-0.25, -0.2) is 8.78 Å². The van der Waals surface area contributed by atoms with Crippen LogP contribution >= 0.6 is 0 Å². The molecule has 0 bridgehead atoms. The maximum Gasteiger partial charge on any atom is 0.162 e. The Morgan fingerprint density at radius 1 is 1.28 bits per heavy atom. The van der Waals surface area contributed by atoms with Crippen LogP contribution in [-0.4, -0.2) is 6.10 Å². The molecule has 2 rings (SSSR count). The third-order valence-electron chi connectivity index (χ3n) is 3.40. The SMILES string of the molecule is CC1CCC(C#N)C(Oc2ccc(F)c(F)c2)C1. The molecule has 1 aromatic rings. The van der Waals surface area contributed by atoms with Crippen LogP contribution in [0.2, 0.25) is 0 Å². The molecule has 0 amide bonds. The zero-order valence-corrected chi connectivity index (χ0v) is 10.2. The largest absolute Gasteiger partial charge is 0.489 e. The quantitative estimate of drug-likeness (QED) is 0.803. The van der Waals surface area contributed by atoms with Gasteiger partial charge in [0.05, 0.1) is 12.0 Å². The third kappa shape index (κ3) is 2.79. The van der Waals surface area contributed by atoms with Crippen molar-refractivity contribution in [1.29, 1.82) is 5.26 Å². The fraction of sp³-hybridized carbons (Fsp3) is 0.500. The highest BCUT2D eigenvalue weighted by atomic mass is 19.2. The summed E-state index contributed by atoms with van der Waals surface area (Å²) < 4.78 is 31.5. The van der Waals surface area contributed by atoms with Gasteiger partial charge in [0.1, 0.15) is 11.9 Å². The molecule has 1 aliphatic carbocycles. The monoisotopic (exact) mass is 251 g/mol. The van der Waals surface area contributed by atoms with Crippen molar-refractivity contribution in [2.24, 2.45) is 11.8 Å². The van der Waals surface area contributed by atoms with Gasteiger partial charge in [0, 0.05) is 6.07 Å². The Kier molecular flexibility index (Phi) is 3.81. The lowest BCUT2D eigenvalue weighted by Gasteiger charge is -2.31. The lowest BCUT2D eigenvalue weighted by atomic mass is 9.81.